The molecule has 0 spiro atoms. The number of carbonyl (C=O) groups is 1. The first-order chi connectivity index (χ1) is 12.5. The first kappa shape index (κ1) is 16.4. The number of aromatic amines is 1. The summed E-state index contributed by atoms with van der Waals surface area (Å²) in [5, 5.41) is 1.07. The van der Waals surface area contributed by atoms with E-state index < -0.39 is 0 Å². The molecule has 0 unspecified atom stereocenters. The predicted octanol–water partition coefficient (Wildman–Crippen LogP) is 1.53. The number of amides is 1. The second kappa shape index (κ2) is 6.33. The SMILES string of the molecule is Cc1ccc2cc(C(=O)N3CCN(c4ncc[nH]c4=O)CC3)n(C)c2c1. The zero-order valence-corrected chi connectivity index (χ0v) is 14.9. The lowest BCUT2D eigenvalue weighted by molar-refractivity contribution is 0.0737. The van der Waals surface area contributed by atoms with E-state index in [4.69, 9.17) is 0 Å². The van der Waals surface area contributed by atoms with E-state index in [2.05, 4.69) is 22.1 Å². The van der Waals surface area contributed by atoms with Crippen LogP contribution in [0.5, 0.6) is 0 Å². The zero-order chi connectivity index (χ0) is 18.3. The number of nitrogens with zero attached hydrogens (tertiary/aromatic N) is 4. The highest BCUT2D eigenvalue weighted by molar-refractivity contribution is 5.99. The number of aromatic nitrogens is 3. The third kappa shape index (κ3) is 2.75. The maximum atomic E-state index is 13.0. The highest BCUT2D eigenvalue weighted by Crippen LogP contribution is 2.22. The third-order valence-electron chi connectivity index (χ3n) is 4.98. The van der Waals surface area contributed by atoms with Gasteiger partial charge in [-0.25, -0.2) is 4.98 Å². The van der Waals surface area contributed by atoms with Crippen molar-refractivity contribution in [3.8, 4) is 0 Å². The van der Waals surface area contributed by atoms with Crippen LogP contribution >= 0.6 is 0 Å². The van der Waals surface area contributed by atoms with Crippen LogP contribution in [0.3, 0.4) is 0 Å². The van der Waals surface area contributed by atoms with E-state index in [0.717, 1.165) is 10.9 Å². The van der Waals surface area contributed by atoms with Crippen molar-refractivity contribution in [3.63, 3.8) is 0 Å². The second-order valence-electron chi connectivity index (χ2n) is 6.67. The van der Waals surface area contributed by atoms with Crippen LogP contribution in [0.15, 0.2) is 41.5 Å². The normalized spacial score (nSPS) is 14.8. The van der Waals surface area contributed by atoms with Gasteiger partial charge < -0.3 is 19.4 Å². The molecule has 3 heterocycles. The second-order valence-corrected chi connectivity index (χ2v) is 6.67. The van der Waals surface area contributed by atoms with Gasteiger partial charge in [0.1, 0.15) is 5.69 Å². The first-order valence-corrected chi connectivity index (χ1v) is 8.68. The summed E-state index contributed by atoms with van der Waals surface area (Å²) in [7, 11) is 1.93. The first-order valence-electron chi connectivity index (χ1n) is 8.68. The molecule has 1 aromatic carbocycles. The third-order valence-corrected chi connectivity index (χ3v) is 4.98. The fourth-order valence-corrected chi connectivity index (χ4v) is 3.50. The summed E-state index contributed by atoms with van der Waals surface area (Å²) >= 11 is 0. The maximum absolute atomic E-state index is 13.0. The number of rotatable bonds is 2. The molecule has 3 aromatic rings. The number of H-pyrrole nitrogens is 1. The topological polar surface area (TPSA) is 74.2 Å². The van der Waals surface area contributed by atoms with Gasteiger partial charge in [-0.1, -0.05) is 12.1 Å². The summed E-state index contributed by atoms with van der Waals surface area (Å²) in [5.41, 5.74) is 2.73. The Hall–Kier alpha value is -3.09. The molecule has 2 aromatic heterocycles. The molecule has 7 heteroatoms. The van der Waals surface area contributed by atoms with Crippen LogP contribution in [0, 0.1) is 6.92 Å². The van der Waals surface area contributed by atoms with Crippen LogP contribution in [0.2, 0.25) is 0 Å². The van der Waals surface area contributed by atoms with Gasteiger partial charge in [-0.2, -0.15) is 0 Å². The number of piperazine rings is 1. The van der Waals surface area contributed by atoms with Gasteiger partial charge in [-0.3, -0.25) is 9.59 Å². The largest absolute Gasteiger partial charge is 0.348 e. The van der Waals surface area contributed by atoms with E-state index in [1.807, 2.05) is 40.5 Å². The number of hydrogen-bond acceptors (Lipinski definition) is 4. The van der Waals surface area contributed by atoms with Gasteiger partial charge in [0.15, 0.2) is 5.82 Å². The number of hydrogen-bond donors (Lipinski definition) is 1. The van der Waals surface area contributed by atoms with Crippen molar-refractivity contribution in [2.75, 3.05) is 31.1 Å². The van der Waals surface area contributed by atoms with E-state index >= 15 is 0 Å². The standard InChI is InChI=1S/C19H21N5O2/c1-13-3-4-14-12-16(22(2)15(14)11-13)19(26)24-9-7-23(8-10-24)17-18(25)21-6-5-20-17/h3-6,11-12H,7-10H2,1-2H3,(H,21,25). The fraction of sp³-hybridized carbons (Fsp3) is 0.316. The number of benzene rings is 1. The summed E-state index contributed by atoms with van der Waals surface area (Å²) in [6, 6.07) is 8.15. The molecule has 0 aliphatic carbocycles. The van der Waals surface area contributed by atoms with Gasteiger partial charge in [-0.15, -0.1) is 0 Å². The van der Waals surface area contributed by atoms with Crippen LogP contribution in [0.25, 0.3) is 10.9 Å². The van der Waals surface area contributed by atoms with Crippen molar-refractivity contribution in [2.24, 2.45) is 7.05 Å². The Bertz CT molecular complexity index is 1030. The highest BCUT2D eigenvalue weighted by atomic mass is 16.2. The van der Waals surface area contributed by atoms with E-state index in [9.17, 15) is 9.59 Å². The monoisotopic (exact) mass is 351 g/mol. The quantitative estimate of drug-likeness (QED) is 0.760. The van der Waals surface area contributed by atoms with Crippen molar-refractivity contribution in [1.82, 2.24) is 19.4 Å². The molecule has 0 atom stereocenters. The number of nitrogens with one attached hydrogen (secondary N) is 1. The molecule has 4 rings (SSSR count). The van der Waals surface area contributed by atoms with E-state index in [1.54, 1.807) is 6.20 Å². The molecular weight excluding hydrogens is 330 g/mol. The molecule has 0 radical (unpaired) electrons. The summed E-state index contributed by atoms with van der Waals surface area (Å²) in [4.78, 5) is 35.4. The number of carbonyl (C=O) groups excluding carboxylic acids is 1. The summed E-state index contributed by atoms with van der Waals surface area (Å²) in [6.07, 6.45) is 3.10. The van der Waals surface area contributed by atoms with E-state index in [-0.39, 0.29) is 11.5 Å². The molecule has 26 heavy (non-hydrogen) atoms. The Kier molecular flexibility index (Phi) is 3.99. The molecular formula is C19H21N5O2. The van der Waals surface area contributed by atoms with Gasteiger partial charge in [0.2, 0.25) is 0 Å². The zero-order valence-electron chi connectivity index (χ0n) is 14.9. The maximum Gasteiger partial charge on any atom is 0.290 e. The molecule has 1 aliphatic rings. The van der Waals surface area contributed by atoms with Gasteiger partial charge in [0.25, 0.3) is 11.5 Å². The predicted molar refractivity (Wildman–Crippen MR) is 101 cm³/mol. The van der Waals surface area contributed by atoms with Gasteiger partial charge in [-0.05, 0) is 24.6 Å². The highest BCUT2D eigenvalue weighted by Gasteiger charge is 2.26. The number of anilines is 1. The van der Waals surface area contributed by atoms with Crippen molar-refractivity contribution in [1.29, 1.82) is 0 Å². The minimum Gasteiger partial charge on any atom is -0.348 e. The molecule has 1 N–H and O–H groups in total. The molecule has 0 saturated carbocycles. The van der Waals surface area contributed by atoms with Crippen LogP contribution in [0.4, 0.5) is 5.82 Å². The van der Waals surface area contributed by atoms with Crippen molar-refractivity contribution < 1.29 is 4.79 Å². The summed E-state index contributed by atoms with van der Waals surface area (Å²) < 4.78 is 1.96. The average Bonchev–Trinajstić information content (AvgIpc) is 2.98. The molecule has 7 nitrogen and oxygen atoms in total. The minimum atomic E-state index is -0.198. The van der Waals surface area contributed by atoms with Crippen LogP contribution < -0.4 is 10.5 Å². The molecule has 1 fully saturated rings. The average molecular weight is 351 g/mol. The van der Waals surface area contributed by atoms with Crippen LogP contribution in [0.1, 0.15) is 16.1 Å². The molecule has 1 aliphatic heterocycles. The van der Waals surface area contributed by atoms with Crippen molar-refractivity contribution >= 4 is 22.6 Å². The summed E-state index contributed by atoms with van der Waals surface area (Å²) in [6.45, 7) is 4.36. The molecule has 1 saturated heterocycles. The number of fused-ring (bicyclic) bond motifs is 1. The minimum absolute atomic E-state index is 0.0240. The Balaban J connectivity index is 1.53. The fourth-order valence-electron chi connectivity index (χ4n) is 3.50. The lowest BCUT2D eigenvalue weighted by atomic mass is 10.2. The Labute approximate surface area is 150 Å². The van der Waals surface area contributed by atoms with E-state index in [0.29, 0.717) is 37.7 Å². The Morgan fingerprint density at radius 2 is 1.92 bits per heavy atom. The summed E-state index contributed by atoms with van der Waals surface area (Å²) in [5.74, 6) is 0.440. The molecule has 134 valence electrons. The smallest absolute Gasteiger partial charge is 0.290 e. The van der Waals surface area contributed by atoms with Crippen molar-refractivity contribution in [2.45, 2.75) is 6.92 Å². The van der Waals surface area contributed by atoms with Gasteiger partial charge in [0, 0.05) is 56.5 Å². The van der Waals surface area contributed by atoms with Crippen molar-refractivity contribution in [3.05, 3.63) is 58.3 Å². The van der Waals surface area contributed by atoms with Gasteiger partial charge in [0.05, 0.1) is 0 Å². The molecule has 1 amide bonds. The van der Waals surface area contributed by atoms with Crippen LogP contribution in [-0.2, 0) is 7.05 Å². The molecule has 0 bridgehead atoms. The van der Waals surface area contributed by atoms with Crippen LogP contribution in [-0.4, -0.2) is 51.5 Å². The number of aryl methyl sites for hydroxylation is 2. The Morgan fingerprint density at radius 1 is 1.15 bits per heavy atom. The van der Waals surface area contributed by atoms with E-state index in [1.165, 1.54) is 11.8 Å². The Morgan fingerprint density at radius 3 is 2.65 bits per heavy atom. The lowest BCUT2D eigenvalue weighted by Crippen LogP contribution is -2.50. The lowest BCUT2D eigenvalue weighted by Gasteiger charge is -2.34. The van der Waals surface area contributed by atoms with Gasteiger partial charge >= 0.3 is 0 Å².